The van der Waals surface area contributed by atoms with Gasteiger partial charge in [0.15, 0.2) is 0 Å². The summed E-state index contributed by atoms with van der Waals surface area (Å²) in [6.45, 7) is 11.1. The summed E-state index contributed by atoms with van der Waals surface area (Å²) in [4.78, 5) is 14.1. The third-order valence-electron chi connectivity index (χ3n) is 5.84. The van der Waals surface area contributed by atoms with Crippen molar-refractivity contribution in [3.63, 3.8) is 0 Å². The largest absolute Gasteiger partial charge is 0.240 e. The van der Waals surface area contributed by atoms with Crippen LogP contribution in [0.3, 0.4) is 0 Å². The minimum Gasteiger partial charge on any atom is -0.211 e. The highest BCUT2D eigenvalue weighted by Crippen LogP contribution is 2.37. The van der Waals surface area contributed by atoms with Crippen molar-refractivity contribution in [3.8, 4) is 0 Å². The lowest BCUT2D eigenvalue weighted by Gasteiger charge is -2.31. The number of hydrogen-bond donors (Lipinski definition) is 0. The number of nitrogens with zero attached hydrogens (tertiary/aromatic N) is 1. The van der Waals surface area contributed by atoms with Crippen molar-refractivity contribution in [3.05, 3.63) is 101 Å². The van der Waals surface area contributed by atoms with Crippen molar-refractivity contribution >= 4 is 11.8 Å². The fourth-order valence-electron chi connectivity index (χ4n) is 3.61. The van der Waals surface area contributed by atoms with Gasteiger partial charge in [-0.1, -0.05) is 93.9 Å². The standard InChI is InChI=1S/C26H27NO/c1-19-9-11-20(12-10-19)25(2,3)22-7-6-8-23(17-22)26(4,5)21-13-15-24(16-14-21)27-18-28/h6-17H,1-5H3. The van der Waals surface area contributed by atoms with Crippen LogP contribution >= 0.6 is 0 Å². The van der Waals surface area contributed by atoms with Crippen LogP contribution in [0.1, 0.15) is 55.5 Å². The molecule has 3 rings (SSSR count). The lowest BCUT2D eigenvalue weighted by molar-refractivity contribution is 0.565. The first-order valence-electron chi connectivity index (χ1n) is 9.62. The highest BCUT2D eigenvalue weighted by Gasteiger charge is 2.27. The normalized spacial score (nSPS) is 11.8. The fraction of sp³-hybridized carbons (Fsp3) is 0.269. The lowest BCUT2D eigenvalue weighted by Crippen LogP contribution is -2.22. The molecule has 0 radical (unpaired) electrons. The summed E-state index contributed by atoms with van der Waals surface area (Å²) in [6, 6.07) is 25.5. The van der Waals surface area contributed by atoms with E-state index in [0.717, 1.165) is 0 Å². The fourth-order valence-corrected chi connectivity index (χ4v) is 3.61. The molecular formula is C26H27NO. The van der Waals surface area contributed by atoms with Crippen molar-refractivity contribution < 1.29 is 4.79 Å². The van der Waals surface area contributed by atoms with Crippen molar-refractivity contribution in [1.82, 2.24) is 0 Å². The van der Waals surface area contributed by atoms with Crippen LogP contribution in [-0.4, -0.2) is 6.08 Å². The molecule has 3 aromatic carbocycles. The van der Waals surface area contributed by atoms with Gasteiger partial charge in [0, 0.05) is 10.8 Å². The second-order valence-corrected chi connectivity index (χ2v) is 8.45. The number of carbonyl (C=O) groups excluding carboxylic acids is 1. The summed E-state index contributed by atoms with van der Waals surface area (Å²) in [5.74, 6) is 0. The molecule has 0 atom stereocenters. The first-order valence-corrected chi connectivity index (χ1v) is 9.62. The van der Waals surface area contributed by atoms with Crippen LogP contribution in [0.4, 0.5) is 5.69 Å². The molecule has 3 aromatic rings. The van der Waals surface area contributed by atoms with E-state index in [4.69, 9.17) is 0 Å². The van der Waals surface area contributed by atoms with E-state index in [-0.39, 0.29) is 10.8 Å². The van der Waals surface area contributed by atoms with Crippen LogP contribution in [-0.2, 0) is 15.6 Å². The summed E-state index contributed by atoms with van der Waals surface area (Å²) < 4.78 is 0. The Kier molecular flexibility index (Phi) is 5.36. The molecule has 2 nitrogen and oxygen atoms in total. The first kappa shape index (κ1) is 19.8. The number of hydrogen-bond acceptors (Lipinski definition) is 2. The van der Waals surface area contributed by atoms with Crippen LogP contribution in [0.2, 0.25) is 0 Å². The molecule has 142 valence electrons. The molecule has 0 aromatic heterocycles. The maximum Gasteiger partial charge on any atom is 0.240 e. The second-order valence-electron chi connectivity index (χ2n) is 8.45. The van der Waals surface area contributed by atoms with Crippen LogP contribution < -0.4 is 0 Å². The maximum atomic E-state index is 10.5. The number of isocyanates is 1. The van der Waals surface area contributed by atoms with E-state index in [1.165, 1.54) is 27.8 Å². The molecule has 0 N–H and O–H groups in total. The molecule has 0 aliphatic heterocycles. The SMILES string of the molecule is Cc1ccc(C(C)(C)c2cccc(C(C)(C)c3ccc(N=C=O)cc3)c2)cc1. The molecule has 0 bridgehead atoms. The summed E-state index contributed by atoms with van der Waals surface area (Å²) in [5.41, 5.74) is 6.71. The predicted octanol–water partition coefficient (Wildman–Crippen LogP) is 6.61. The molecule has 0 heterocycles. The summed E-state index contributed by atoms with van der Waals surface area (Å²) >= 11 is 0. The van der Waals surface area contributed by atoms with E-state index >= 15 is 0 Å². The van der Waals surface area contributed by atoms with Gasteiger partial charge in [-0.15, -0.1) is 0 Å². The van der Waals surface area contributed by atoms with Gasteiger partial charge in [0.25, 0.3) is 0 Å². The zero-order valence-electron chi connectivity index (χ0n) is 17.3. The topological polar surface area (TPSA) is 29.4 Å². The minimum atomic E-state index is -0.164. The third kappa shape index (κ3) is 3.83. The van der Waals surface area contributed by atoms with E-state index in [2.05, 4.69) is 88.1 Å². The average Bonchev–Trinajstić information content (AvgIpc) is 2.69. The summed E-state index contributed by atoms with van der Waals surface area (Å²) in [6.07, 6.45) is 1.59. The van der Waals surface area contributed by atoms with E-state index in [0.29, 0.717) is 5.69 Å². The zero-order chi connectivity index (χ0) is 20.4. The van der Waals surface area contributed by atoms with Gasteiger partial charge in [0.1, 0.15) is 0 Å². The van der Waals surface area contributed by atoms with Gasteiger partial charge in [-0.3, -0.25) is 0 Å². The molecule has 0 fully saturated rings. The van der Waals surface area contributed by atoms with Gasteiger partial charge >= 0.3 is 0 Å². The van der Waals surface area contributed by atoms with E-state index in [9.17, 15) is 4.79 Å². The maximum absolute atomic E-state index is 10.5. The predicted molar refractivity (Wildman–Crippen MR) is 116 cm³/mol. The highest BCUT2D eigenvalue weighted by atomic mass is 16.1. The molecule has 0 aliphatic rings. The quantitative estimate of drug-likeness (QED) is 0.367. The van der Waals surface area contributed by atoms with Crippen LogP contribution in [0.25, 0.3) is 0 Å². The number of rotatable bonds is 5. The van der Waals surface area contributed by atoms with Gasteiger partial charge < -0.3 is 0 Å². The zero-order valence-corrected chi connectivity index (χ0v) is 17.3. The summed E-state index contributed by atoms with van der Waals surface area (Å²) in [7, 11) is 0. The third-order valence-corrected chi connectivity index (χ3v) is 5.84. The molecule has 28 heavy (non-hydrogen) atoms. The molecule has 0 amide bonds. The molecule has 2 heteroatoms. The van der Waals surface area contributed by atoms with Crippen molar-refractivity contribution in [1.29, 1.82) is 0 Å². The Morgan fingerprint density at radius 2 is 1.14 bits per heavy atom. The van der Waals surface area contributed by atoms with E-state index < -0.39 is 0 Å². The lowest BCUT2D eigenvalue weighted by atomic mass is 9.73. The van der Waals surface area contributed by atoms with Crippen LogP contribution in [0.15, 0.2) is 77.8 Å². The van der Waals surface area contributed by atoms with Crippen LogP contribution in [0, 0.1) is 6.92 Å². The van der Waals surface area contributed by atoms with Gasteiger partial charge in [-0.25, -0.2) is 4.79 Å². The number of aliphatic imine (C=N–C) groups is 1. The van der Waals surface area contributed by atoms with E-state index in [1.54, 1.807) is 6.08 Å². The second kappa shape index (κ2) is 7.58. The Hall–Kier alpha value is -2.96. The monoisotopic (exact) mass is 369 g/mol. The molecule has 0 saturated heterocycles. The average molecular weight is 370 g/mol. The minimum absolute atomic E-state index is 0.0810. The van der Waals surface area contributed by atoms with Gasteiger partial charge in [0.2, 0.25) is 6.08 Å². The molecular weight excluding hydrogens is 342 g/mol. The number of benzene rings is 3. The smallest absolute Gasteiger partial charge is 0.211 e. The molecule has 0 saturated carbocycles. The highest BCUT2D eigenvalue weighted by molar-refractivity contribution is 5.51. The molecule has 0 aliphatic carbocycles. The van der Waals surface area contributed by atoms with Crippen molar-refractivity contribution in [2.75, 3.05) is 0 Å². The first-order chi connectivity index (χ1) is 13.2. The van der Waals surface area contributed by atoms with Gasteiger partial charge in [-0.2, -0.15) is 4.99 Å². The Balaban J connectivity index is 1.99. The summed E-state index contributed by atoms with van der Waals surface area (Å²) in [5, 5.41) is 0. The molecule has 0 unspecified atom stereocenters. The van der Waals surface area contributed by atoms with Gasteiger partial charge in [0.05, 0.1) is 5.69 Å². The van der Waals surface area contributed by atoms with Crippen molar-refractivity contribution in [2.45, 2.75) is 45.4 Å². The Labute approximate surface area is 168 Å². The number of aryl methyl sites for hydroxylation is 1. The Morgan fingerprint density at radius 1 is 0.679 bits per heavy atom. The van der Waals surface area contributed by atoms with Crippen molar-refractivity contribution in [2.24, 2.45) is 4.99 Å². The van der Waals surface area contributed by atoms with Crippen LogP contribution in [0.5, 0.6) is 0 Å². The van der Waals surface area contributed by atoms with E-state index in [1.807, 2.05) is 24.3 Å². The Morgan fingerprint density at radius 3 is 1.61 bits per heavy atom. The Bertz CT molecular complexity index is 1010. The van der Waals surface area contributed by atoms with Gasteiger partial charge in [-0.05, 0) is 41.3 Å². The molecule has 0 spiro atoms.